The van der Waals surface area contributed by atoms with E-state index in [1.807, 2.05) is 30.3 Å². The third kappa shape index (κ3) is 5.28. The number of nitrogens with one attached hydrogen (secondary N) is 2. The number of nitrogens with zero attached hydrogens (tertiary/aromatic N) is 7. The van der Waals surface area contributed by atoms with Gasteiger partial charge in [0.1, 0.15) is 5.52 Å². The molecule has 1 aliphatic heterocycles. The van der Waals surface area contributed by atoms with E-state index in [0.717, 1.165) is 62.9 Å². The minimum atomic E-state index is 0.145. The Hall–Kier alpha value is -3.11. The highest BCUT2D eigenvalue weighted by molar-refractivity contribution is 5.78. The van der Waals surface area contributed by atoms with Crippen molar-refractivity contribution in [3.05, 3.63) is 36.5 Å². The third-order valence-corrected chi connectivity index (χ3v) is 6.60. The first-order chi connectivity index (χ1) is 16.1. The van der Waals surface area contributed by atoms with E-state index in [2.05, 4.69) is 47.8 Å². The van der Waals surface area contributed by atoms with Gasteiger partial charge in [0, 0.05) is 50.5 Å². The average molecular weight is 450 g/mol. The Balaban J connectivity index is 1.12. The number of fused-ring (bicyclic) bond motifs is 1. The number of amides is 1. The van der Waals surface area contributed by atoms with Crippen LogP contribution in [0.3, 0.4) is 0 Å². The SMILES string of the molecule is CN1CCN(CC(=O)N[C@H]2CC[C@H](Nc3nccc(-n4nnc5ccccc54)n3)CC2)CC1. The van der Waals surface area contributed by atoms with Gasteiger partial charge in [-0.1, -0.05) is 17.3 Å². The van der Waals surface area contributed by atoms with Gasteiger partial charge in [-0.15, -0.1) is 5.10 Å². The van der Waals surface area contributed by atoms with E-state index in [1.54, 1.807) is 10.9 Å². The zero-order valence-corrected chi connectivity index (χ0v) is 19.0. The Labute approximate surface area is 193 Å². The molecule has 5 rings (SSSR count). The van der Waals surface area contributed by atoms with Crippen molar-refractivity contribution in [3.8, 4) is 5.82 Å². The molecule has 3 aromatic rings. The molecule has 3 heterocycles. The standard InChI is InChI=1S/C23H31N9O/c1-30-12-14-31(15-13-30)16-22(33)25-17-6-8-18(9-7-17)26-23-24-11-10-21(27-23)32-20-5-3-2-4-19(20)28-29-32/h2-5,10-11,17-18H,6-9,12-16H2,1H3,(H,25,33)(H,24,26,27)/t17-,18-. The lowest BCUT2D eigenvalue weighted by Crippen LogP contribution is -2.50. The second kappa shape index (κ2) is 9.80. The fraction of sp³-hybridized carbons (Fsp3) is 0.522. The Morgan fingerprint density at radius 3 is 2.61 bits per heavy atom. The van der Waals surface area contributed by atoms with Gasteiger partial charge < -0.3 is 15.5 Å². The van der Waals surface area contributed by atoms with Gasteiger partial charge in [-0.2, -0.15) is 9.67 Å². The Bertz CT molecular complexity index is 1080. The van der Waals surface area contributed by atoms with Crippen LogP contribution in [0.2, 0.25) is 0 Å². The van der Waals surface area contributed by atoms with E-state index in [0.29, 0.717) is 24.4 Å². The number of hydrogen-bond donors (Lipinski definition) is 2. The lowest BCUT2D eigenvalue weighted by atomic mass is 9.91. The first-order valence-electron chi connectivity index (χ1n) is 11.7. The predicted octanol–water partition coefficient (Wildman–Crippen LogP) is 1.30. The monoisotopic (exact) mass is 449 g/mol. The van der Waals surface area contributed by atoms with Gasteiger partial charge in [0.25, 0.3) is 0 Å². The smallest absolute Gasteiger partial charge is 0.234 e. The molecule has 2 N–H and O–H groups in total. The van der Waals surface area contributed by atoms with Crippen LogP contribution in [-0.4, -0.2) is 92.5 Å². The van der Waals surface area contributed by atoms with Crippen LogP contribution in [0, 0.1) is 0 Å². The fourth-order valence-corrected chi connectivity index (χ4v) is 4.62. The highest BCUT2D eigenvalue weighted by Gasteiger charge is 2.24. The zero-order chi connectivity index (χ0) is 22.6. The van der Waals surface area contributed by atoms with Gasteiger partial charge in [-0.05, 0) is 44.9 Å². The van der Waals surface area contributed by atoms with Crippen molar-refractivity contribution >= 4 is 22.9 Å². The van der Waals surface area contributed by atoms with Crippen molar-refractivity contribution in [2.45, 2.75) is 37.8 Å². The highest BCUT2D eigenvalue weighted by atomic mass is 16.2. The molecule has 1 amide bonds. The van der Waals surface area contributed by atoms with E-state index < -0.39 is 0 Å². The van der Waals surface area contributed by atoms with E-state index in [-0.39, 0.29) is 11.9 Å². The highest BCUT2D eigenvalue weighted by Crippen LogP contribution is 2.22. The summed E-state index contributed by atoms with van der Waals surface area (Å²) < 4.78 is 1.73. The van der Waals surface area contributed by atoms with Crippen LogP contribution < -0.4 is 10.6 Å². The first kappa shape index (κ1) is 21.7. The predicted molar refractivity (Wildman–Crippen MR) is 126 cm³/mol. The second-order valence-electron chi connectivity index (χ2n) is 9.07. The summed E-state index contributed by atoms with van der Waals surface area (Å²) in [6.45, 7) is 4.48. The summed E-state index contributed by atoms with van der Waals surface area (Å²) in [4.78, 5) is 26.1. The number of carbonyl (C=O) groups is 1. The summed E-state index contributed by atoms with van der Waals surface area (Å²) in [6.07, 6.45) is 5.60. The topological polar surface area (TPSA) is 104 Å². The van der Waals surface area contributed by atoms with Crippen LogP contribution in [0.5, 0.6) is 0 Å². The molecule has 174 valence electrons. The first-order valence-corrected chi connectivity index (χ1v) is 11.7. The van der Waals surface area contributed by atoms with Gasteiger partial charge in [0.2, 0.25) is 11.9 Å². The summed E-state index contributed by atoms with van der Waals surface area (Å²) in [5.74, 6) is 1.42. The lowest BCUT2D eigenvalue weighted by Gasteiger charge is -2.33. The van der Waals surface area contributed by atoms with Crippen LogP contribution in [0.1, 0.15) is 25.7 Å². The molecule has 2 fully saturated rings. The minimum Gasteiger partial charge on any atom is -0.352 e. The van der Waals surface area contributed by atoms with E-state index in [9.17, 15) is 4.79 Å². The Kier molecular flexibility index (Phi) is 6.45. The summed E-state index contributed by atoms with van der Waals surface area (Å²) in [7, 11) is 2.13. The fourth-order valence-electron chi connectivity index (χ4n) is 4.62. The number of benzene rings is 1. The average Bonchev–Trinajstić information content (AvgIpc) is 3.26. The molecule has 0 spiro atoms. The maximum atomic E-state index is 12.5. The van der Waals surface area contributed by atoms with E-state index >= 15 is 0 Å². The summed E-state index contributed by atoms with van der Waals surface area (Å²) in [5, 5.41) is 15.1. The maximum absolute atomic E-state index is 12.5. The molecule has 1 saturated carbocycles. The molecule has 1 aliphatic carbocycles. The largest absolute Gasteiger partial charge is 0.352 e. The number of aromatic nitrogens is 5. The number of hydrogen-bond acceptors (Lipinski definition) is 8. The molecule has 0 radical (unpaired) electrons. The molecule has 0 unspecified atom stereocenters. The van der Waals surface area contributed by atoms with Crippen LogP contribution in [0.15, 0.2) is 36.5 Å². The van der Waals surface area contributed by atoms with Gasteiger partial charge >= 0.3 is 0 Å². The second-order valence-corrected chi connectivity index (χ2v) is 9.07. The molecule has 0 atom stereocenters. The van der Waals surface area contributed by atoms with Gasteiger partial charge in [-0.3, -0.25) is 9.69 Å². The molecular weight excluding hydrogens is 418 g/mol. The van der Waals surface area contributed by atoms with Crippen molar-refractivity contribution in [2.24, 2.45) is 0 Å². The minimum absolute atomic E-state index is 0.145. The molecular formula is C23H31N9O. The normalized spacial score (nSPS) is 22.3. The van der Waals surface area contributed by atoms with Crippen LogP contribution in [-0.2, 0) is 4.79 Å². The number of carbonyl (C=O) groups excluding carboxylic acids is 1. The van der Waals surface area contributed by atoms with Crippen LogP contribution in [0.4, 0.5) is 5.95 Å². The van der Waals surface area contributed by atoms with Crippen molar-refractivity contribution in [2.75, 3.05) is 45.1 Å². The molecule has 2 aliphatic rings. The van der Waals surface area contributed by atoms with Crippen molar-refractivity contribution in [1.29, 1.82) is 0 Å². The summed E-state index contributed by atoms with van der Waals surface area (Å²) >= 11 is 0. The molecule has 2 aromatic heterocycles. The van der Waals surface area contributed by atoms with E-state index in [1.165, 1.54) is 0 Å². The van der Waals surface area contributed by atoms with Gasteiger partial charge in [-0.25, -0.2) is 4.98 Å². The lowest BCUT2D eigenvalue weighted by molar-refractivity contribution is -0.123. The van der Waals surface area contributed by atoms with Crippen molar-refractivity contribution in [3.63, 3.8) is 0 Å². The van der Waals surface area contributed by atoms with Crippen molar-refractivity contribution in [1.82, 2.24) is 40.1 Å². The maximum Gasteiger partial charge on any atom is 0.234 e. The summed E-state index contributed by atoms with van der Waals surface area (Å²) in [6, 6.07) is 10.2. The number of likely N-dealkylation sites (N-methyl/N-ethyl adjacent to an activating group) is 1. The zero-order valence-electron chi connectivity index (χ0n) is 19.0. The van der Waals surface area contributed by atoms with Gasteiger partial charge in [0.15, 0.2) is 5.82 Å². The number of piperazine rings is 1. The quantitative estimate of drug-likeness (QED) is 0.580. The number of para-hydroxylation sites is 1. The molecule has 10 heteroatoms. The summed E-state index contributed by atoms with van der Waals surface area (Å²) in [5.41, 5.74) is 1.74. The third-order valence-electron chi connectivity index (χ3n) is 6.60. The molecule has 1 saturated heterocycles. The van der Waals surface area contributed by atoms with Crippen LogP contribution in [0.25, 0.3) is 16.9 Å². The Morgan fingerprint density at radius 2 is 1.79 bits per heavy atom. The number of rotatable bonds is 6. The molecule has 0 bridgehead atoms. The molecule has 10 nitrogen and oxygen atoms in total. The van der Waals surface area contributed by atoms with E-state index in [4.69, 9.17) is 0 Å². The van der Waals surface area contributed by atoms with Gasteiger partial charge in [0.05, 0.1) is 12.1 Å². The molecule has 1 aromatic carbocycles. The molecule has 33 heavy (non-hydrogen) atoms. The van der Waals surface area contributed by atoms with Crippen molar-refractivity contribution < 1.29 is 4.79 Å². The van der Waals surface area contributed by atoms with Crippen LogP contribution >= 0.6 is 0 Å². The Morgan fingerprint density at radius 1 is 1.03 bits per heavy atom. The number of anilines is 1.